The lowest BCUT2D eigenvalue weighted by molar-refractivity contribution is 0.201. The van der Waals surface area contributed by atoms with Gasteiger partial charge in [-0.25, -0.2) is 0 Å². The zero-order valence-corrected chi connectivity index (χ0v) is 15.4. The molecule has 6 heteroatoms. The average molecular weight is 348 g/mol. The lowest BCUT2D eigenvalue weighted by Crippen LogP contribution is -2.50. The van der Waals surface area contributed by atoms with Crippen molar-refractivity contribution in [2.24, 2.45) is 10.7 Å². The Morgan fingerprint density at radius 1 is 1.08 bits per heavy atom. The second kappa shape index (κ2) is 8.62. The van der Waals surface area contributed by atoms with Gasteiger partial charge in [0, 0.05) is 62.5 Å². The Kier molecular flexibility index (Phi) is 6.26. The molecule has 0 aliphatic carbocycles. The molecule has 1 unspecified atom stereocenters. The maximum absolute atomic E-state index is 6.16. The number of nitrogens with zero attached hydrogens (tertiary/aromatic N) is 4. The van der Waals surface area contributed by atoms with Gasteiger partial charge >= 0.3 is 0 Å². The Hall–Kier alpha value is -1.40. The molecule has 2 aliphatic heterocycles. The number of para-hydroxylation sites is 1. The first-order chi connectivity index (χ1) is 11.7. The van der Waals surface area contributed by atoms with Crippen molar-refractivity contribution in [3.8, 4) is 0 Å². The van der Waals surface area contributed by atoms with Gasteiger partial charge in [0.1, 0.15) is 0 Å². The Labute approximate surface area is 149 Å². The van der Waals surface area contributed by atoms with E-state index in [0.29, 0.717) is 6.04 Å². The number of rotatable bonds is 4. The summed E-state index contributed by atoms with van der Waals surface area (Å²) >= 11 is 2.00. The largest absolute Gasteiger partial charge is 0.370 e. The maximum atomic E-state index is 6.16. The van der Waals surface area contributed by atoms with Crippen LogP contribution in [0.4, 0.5) is 5.69 Å². The first-order valence-corrected chi connectivity index (χ1v) is 10.1. The van der Waals surface area contributed by atoms with Gasteiger partial charge in [0.25, 0.3) is 0 Å². The maximum Gasteiger partial charge on any atom is 0.191 e. The van der Waals surface area contributed by atoms with Gasteiger partial charge in [-0.15, -0.1) is 0 Å². The SMILES string of the molecule is CC(CN=C(N)N1CCSCC1)N1CCN(c2ccccc2)CC1. The summed E-state index contributed by atoms with van der Waals surface area (Å²) in [6.07, 6.45) is 0. The highest BCUT2D eigenvalue weighted by Gasteiger charge is 2.21. The summed E-state index contributed by atoms with van der Waals surface area (Å²) in [5.41, 5.74) is 7.49. The van der Waals surface area contributed by atoms with Crippen molar-refractivity contribution < 1.29 is 0 Å². The molecule has 2 heterocycles. The molecule has 1 aromatic carbocycles. The molecule has 0 amide bonds. The predicted molar refractivity (Wildman–Crippen MR) is 105 cm³/mol. The number of aliphatic imine (C=N–C) groups is 1. The molecule has 24 heavy (non-hydrogen) atoms. The molecule has 1 atom stereocenters. The standard InChI is InChI=1S/C18H29N5S/c1-16(15-20-18(19)23-11-13-24-14-12-23)21-7-9-22(10-8-21)17-5-3-2-4-6-17/h2-6,16H,7-15H2,1H3,(H2,19,20). The fraction of sp³-hybridized carbons (Fsp3) is 0.611. The minimum atomic E-state index is 0.445. The van der Waals surface area contributed by atoms with E-state index in [1.807, 2.05) is 11.8 Å². The van der Waals surface area contributed by atoms with E-state index in [-0.39, 0.29) is 0 Å². The van der Waals surface area contributed by atoms with Crippen molar-refractivity contribution in [1.29, 1.82) is 0 Å². The van der Waals surface area contributed by atoms with Crippen LogP contribution in [-0.4, -0.2) is 79.1 Å². The van der Waals surface area contributed by atoms with Gasteiger partial charge in [-0.1, -0.05) is 18.2 Å². The third kappa shape index (κ3) is 4.57. The van der Waals surface area contributed by atoms with E-state index in [1.165, 1.54) is 5.69 Å². The Balaban J connectivity index is 1.45. The summed E-state index contributed by atoms with van der Waals surface area (Å²) in [6, 6.07) is 11.1. The van der Waals surface area contributed by atoms with Crippen LogP contribution in [0, 0.1) is 0 Å². The number of guanidine groups is 1. The van der Waals surface area contributed by atoms with Crippen molar-refractivity contribution in [2.75, 3.05) is 62.2 Å². The van der Waals surface area contributed by atoms with Gasteiger partial charge in [0.2, 0.25) is 0 Å². The van der Waals surface area contributed by atoms with Crippen LogP contribution >= 0.6 is 11.8 Å². The van der Waals surface area contributed by atoms with Gasteiger partial charge in [-0.2, -0.15) is 11.8 Å². The van der Waals surface area contributed by atoms with E-state index in [9.17, 15) is 0 Å². The highest BCUT2D eigenvalue weighted by Crippen LogP contribution is 2.16. The number of nitrogens with two attached hydrogens (primary N) is 1. The van der Waals surface area contributed by atoms with Crippen LogP contribution in [0.25, 0.3) is 0 Å². The van der Waals surface area contributed by atoms with E-state index < -0.39 is 0 Å². The molecule has 2 saturated heterocycles. The molecule has 0 aromatic heterocycles. The van der Waals surface area contributed by atoms with Gasteiger partial charge in [0.05, 0.1) is 6.54 Å². The molecule has 2 N–H and O–H groups in total. The van der Waals surface area contributed by atoms with E-state index >= 15 is 0 Å². The molecule has 3 rings (SSSR count). The van der Waals surface area contributed by atoms with Crippen molar-refractivity contribution in [2.45, 2.75) is 13.0 Å². The van der Waals surface area contributed by atoms with Crippen LogP contribution in [-0.2, 0) is 0 Å². The molecule has 0 radical (unpaired) electrons. The number of hydrogen-bond acceptors (Lipinski definition) is 4. The first kappa shape index (κ1) is 17.4. The average Bonchev–Trinajstić information content (AvgIpc) is 2.67. The Morgan fingerprint density at radius 3 is 2.42 bits per heavy atom. The highest BCUT2D eigenvalue weighted by atomic mass is 32.2. The molecule has 0 bridgehead atoms. The predicted octanol–water partition coefficient (Wildman–Crippen LogP) is 1.56. The number of thioether (sulfide) groups is 1. The summed E-state index contributed by atoms with van der Waals surface area (Å²) in [5, 5.41) is 0. The number of benzene rings is 1. The third-order valence-corrected chi connectivity index (χ3v) is 5.85. The van der Waals surface area contributed by atoms with Crippen molar-refractivity contribution in [1.82, 2.24) is 9.80 Å². The normalized spacial score (nSPS) is 21.8. The molecular weight excluding hydrogens is 318 g/mol. The van der Waals surface area contributed by atoms with Gasteiger partial charge in [-0.05, 0) is 19.1 Å². The quantitative estimate of drug-likeness (QED) is 0.662. The lowest BCUT2D eigenvalue weighted by Gasteiger charge is -2.38. The van der Waals surface area contributed by atoms with E-state index in [2.05, 4.69) is 56.9 Å². The second-order valence-corrected chi connectivity index (χ2v) is 7.73. The van der Waals surface area contributed by atoms with Crippen LogP contribution in [0.15, 0.2) is 35.3 Å². The summed E-state index contributed by atoms with van der Waals surface area (Å²) in [7, 11) is 0. The van der Waals surface area contributed by atoms with Crippen molar-refractivity contribution >= 4 is 23.4 Å². The first-order valence-electron chi connectivity index (χ1n) is 8.90. The van der Waals surface area contributed by atoms with E-state index in [0.717, 1.165) is 63.3 Å². The minimum absolute atomic E-state index is 0.445. The lowest BCUT2D eigenvalue weighted by atomic mass is 10.2. The summed E-state index contributed by atoms with van der Waals surface area (Å²) in [6.45, 7) is 9.46. The molecule has 2 aliphatic rings. The molecule has 5 nitrogen and oxygen atoms in total. The highest BCUT2D eigenvalue weighted by molar-refractivity contribution is 7.99. The minimum Gasteiger partial charge on any atom is -0.370 e. The molecule has 2 fully saturated rings. The van der Waals surface area contributed by atoms with Crippen molar-refractivity contribution in [3.05, 3.63) is 30.3 Å². The van der Waals surface area contributed by atoms with E-state index in [4.69, 9.17) is 5.73 Å². The molecule has 1 aromatic rings. The molecule has 132 valence electrons. The second-order valence-electron chi connectivity index (χ2n) is 6.51. The van der Waals surface area contributed by atoms with Gasteiger partial charge in [0.15, 0.2) is 5.96 Å². The van der Waals surface area contributed by atoms with Gasteiger partial charge in [-0.3, -0.25) is 9.89 Å². The number of anilines is 1. The summed E-state index contributed by atoms with van der Waals surface area (Å²) in [4.78, 5) is 11.9. The molecule has 0 spiro atoms. The van der Waals surface area contributed by atoms with Crippen LogP contribution < -0.4 is 10.6 Å². The summed E-state index contributed by atoms with van der Waals surface area (Å²) < 4.78 is 0. The topological polar surface area (TPSA) is 48.1 Å². The smallest absolute Gasteiger partial charge is 0.191 e. The van der Waals surface area contributed by atoms with E-state index in [1.54, 1.807) is 0 Å². The molecular formula is C18H29N5S. The zero-order valence-electron chi connectivity index (χ0n) is 14.6. The van der Waals surface area contributed by atoms with Crippen molar-refractivity contribution in [3.63, 3.8) is 0 Å². The van der Waals surface area contributed by atoms with Crippen LogP contribution in [0.2, 0.25) is 0 Å². The third-order valence-electron chi connectivity index (χ3n) is 4.91. The number of piperazine rings is 1. The number of hydrogen-bond donors (Lipinski definition) is 1. The molecule has 0 saturated carbocycles. The monoisotopic (exact) mass is 347 g/mol. The van der Waals surface area contributed by atoms with Gasteiger partial charge < -0.3 is 15.5 Å². The summed E-state index contributed by atoms with van der Waals surface area (Å²) in [5.74, 6) is 3.05. The van der Waals surface area contributed by atoms with Crippen LogP contribution in [0.1, 0.15) is 6.92 Å². The van der Waals surface area contributed by atoms with Crippen LogP contribution in [0.3, 0.4) is 0 Å². The fourth-order valence-corrected chi connectivity index (χ4v) is 4.20. The fourth-order valence-electron chi connectivity index (χ4n) is 3.29. The Bertz CT molecular complexity index is 521. The Morgan fingerprint density at radius 2 is 1.75 bits per heavy atom. The van der Waals surface area contributed by atoms with Crippen LogP contribution in [0.5, 0.6) is 0 Å². The zero-order chi connectivity index (χ0) is 16.8.